The summed E-state index contributed by atoms with van der Waals surface area (Å²) in [6.45, 7) is 4.72. The first-order chi connectivity index (χ1) is 11.5. The average molecular weight is 341 g/mol. The van der Waals surface area contributed by atoms with Crippen molar-refractivity contribution in [2.75, 3.05) is 20.6 Å². The van der Waals surface area contributed by atoms with E-state index in [2.05, 4.69) is 40.5 Å². The van der Waals surface area contributed by atoms with Crippen LogP contribution >= 0.6 is 11.3 Å². The number of aromatic amines is 1. The number of amides is 1. The lowest BCUT2D eigenvalue weighted by atomic mass is 10.1. The smallest absolute Gasteiger partial charge is 0.251 e. The summed E-state index contributed by atoms with van der Waals surface area (Å²) in [6.07, 6.45) is 0. The Bertz CT molecular complexity index is 849. The fraction of sp³-hybridized carbons (Fsp3) is 0.316. The summed E-state index contributed by atoms with van der Waals surface area (Å²) in [6, 6.07) is 10.2. The van der Waals surface area contributed by atoms with Crippen molar-refractivity contribution in [3.8, 4) is 0 Å². The quantitative estimate of drug-likeness (QED) is 0.740. The lowest BCUT2D eigenvalue weighted by molar-refractivity contribution is 0.0942. The first kappa shape index (κ1) is 16.7. The zero-order valence-electron chi connectivity index (χ0n) is 14.5. The van der Waals surface area contributed by atoms with E-state index in [4.69, 9.17) is 0 Å². The highest BCUT2D eigenvalue weighted by atomic mass is 32.1. The predicted octanol–water partition coefficient (Wildman–Crippen LogP) is 3.88. The minimum Gasteiger partial charge on any atom is -0.358 e. The van der Waals surface area contributed by atoms with E-state index in [-0.39, 0.29) is 11.9 Å². The molecule has 0 aliphatic carbocycles. The van der Waals surface area contributed by atoms with Gasteiger partial charge in [-0.3, -0.25) is 4.79 Å². The van der Waals surface area contributed by atoms with E-state index >= 15 is 0 Å². The second-order valence-corrected chi connectivity index (χ2v) is 7.32. The van der Waals surface area contributed by atoms with Gasteiger partial charge in [-0.2, -0.15) is 0 Å². The fourth-order valence-corrected chi connectivity index (χ4v) is 3.84. The summed E-state index contributed by atoms with van der Waals surface area (Å²) in [5.41, 5.74) is 4.12. The number of nitrogens with zero attached hydrogens (tertiary/aromatic N) is 1. The molecule has 4 nitrogen and oxygen atoms in total. The molecule has 3 rings (SSSR count). The first-order valence-corrected chi connectivity index (χ1v) is 8.92. The average Bonchev–Trinajstić information content (AvgIpc) is 3.16. The zero-order chi connectivity index (χ0) is 17.3. The van der Waals surface area contributed by atoms with Crippen LogP contribution < -0.4 is 5.32 Å². The van der Waals surface area contributed by atoms with Crippen molar-refractivity contribution in [3.05, 3.63) is 57.4 Å². The Morgan fingerprint density at radius 2 is 2.08 bits per heavy atom. The number of fused-ring (bicyclic) bond motifs is 1. The van der Waals surface area contributed by atoms with Gasteiger partial charge in [0.15, 0.2) is 0 Å². The topological polar surface area (TPSA) is 48.1 Å². The molecule has 0 saturated heterocycles. The van der Waals surface area contributed by atoms with Crippen molar-refractivity contribution in [2.24, 2.45) is 0 Å². The number of carbonyl (C=O) groups is 1. The number of nitrogens with one attached hydrogen (secondary N) is 2. The number of benzene rings is 1. The van der Waals surface area contributed by atoms with E-state index in [1.807, 2.05) is 38.4 Å². The maximum atomic E-state index is 12.6. The number of hydrogen-bond donors (Lipinski definition) is 2. The molecule has 126 valence electrons. The molecule has 3 aromatic rings. The third-order valence-corrected chi connectivity index (χ3v) is 5.49. The van der Waals surface area contributed by atoms with Crippen molar-refractivity contribution in [3.63, 3.8) is 0 Å². The van der Waals surface area contributed by atoms with E-state index < -0.39 is 0 Å². The van der Waals surface area contributed by atoms with Crippen molar-refractivity contribution in [1.82, 2.24) is 15.2 Å². The first-order valence-electron chi connectivity index (χ1n) is 8.04. The summed E-state index contributed by atoms with van der Waals surface area (Å²) in [5, 5.41) is 6.26. The summed E-state index contributed by atoms with van der Waals surface area (Å²) in [7, 11) is 4.07. The van der Waals surface area contributed by atoms with Gasteiger partial charge in [0, 0.05) is 33.6 Å². The maximum Gasteiger partial charge on any atom is 0.251 e. The molecule has 2 aromatic heterocycles. The number of aromatic nitrogens is 1. The van der Waals surface area contributed by atoms with Crippen molar-refractivity contribution >= 4 is 28.1 Å². The fourth-order valence-electron chi connectivity index (χ4n) is 2.91. The van der Waals surface area contributed by atoms with Gasteiger partial charge in [-0.15, -0.1) is 11.3 Å². The molecule has 2 N–H and O–H groups in total. The molecule has 1 unspecified atom stereocenters. The molecule has 0 saturated carbocycles. The summed E-state index contributed by atoms with van der Waals surface area (Å²) >= 11 is 1.72. The molecule has 1 amide bonds. The van der Waals surface area contributed by atoms with Gasteiger partial charge < -0.3 is 15.2 Å². The van der Waals surface area contributed by atoms with Crippen LogP contribution in [0.25, 0.3) is 10.9 Å². The van der Waals surface area contributed by atoms with Crippen LogP contribution in [0.1, 0.15) is 32.5 Å². The van der Waals surface area contributed by atoms with Crippen LogP contribution in [0.2, 0.25) is 0 Å². The van der Waals surface area contributed by atoms with Gasteiger partial charge in [0.25, 0.3) is 5.91 Å². The Hall–Kier alpha value is -2.11. The Kier molecular flexibility index (Phi) is 4.73. The molecule has 0 radical (unpaired) electrons. The third kappa shape index (κ3) is 3.23. The molecule has 0 aliphatic rings. The highest BCUT2D eigenvalue weighted by molar-refractivity contribution is 7.10. The van der Waals surface area contributed by atoms with E-state index in [0.717, 1.165) is 16.6 Å². The van der Waals surface area contributed by atoms with Gasteiger partial charge in [-0.25, -0.2) is 0 Å². The van der Waals surface area contributed by atoms with Gasteiger partial charge in [0.1, 0.15) is 0 Å². The van der Waals surface area contributed by atoms with E-state index in [1.165, 1.54) is 10.4 Å². The Morgan fingerprint density at radius 3 is 2.75 bits per heavy atom. The highest BCUT2D eigenvalue weighted by Crippen LogP contribution is 2.24. The van der Waals surface area contributed by atoms with E-state index in [9.17, 15) is 4.79 Å². The van der Waals surface area contributed by atoms with Crippen LogP contribution in [0.5, 0.6) is 0 Å². The van der Waals surface area contributed by atoms with Crippen LogP contribution in [0, 0.1) is 13.8 Å². The molecule has 0 spiro atoms. The van der Waals surface area contributed by atoms with Crippen molar-refractivity contribution in [1.29, 1.82) is 0 Å². The Morgan fingerprint density at radius 1 is 1.29 bits per heavy atom. The monoisotopic (exact) mass is 341 g/mol. The number of aryl methyl sites for hydroxylation is 2. The third-order valence-electron chi connectivity index (χ3n) is 4.52. The molecule has 0 bridgehead atoms. The maximum absolute atomic E-state index is 12.6. The normalized spacial score (nSPS) is 12.7. The van der Waals surface area contributed by atoms with Crippen LogP contribution in [0.3, 0.4) is 0 Å². The molecule has 24 heavy (non-hydrogen) atoms. The molecule has 5 heteroatoms. The lowest BCUT2D eigenvalue weighted by Crippen LogP contribution is -2.34. The SMILES string of the molecule is Cc1[nH]c2ccc(C(=O)NCC(c3cccs3)N(C)C)cc2c1C. The van der Waals surface area contributed by atoms with Crippen molar-refractivity contribution < 1.29 is 4.79 Å². The zero-order valence-corrected chi connectivity index (χ0v) is 15.3. The van der Waals surface area contributed by atoms with Crippen LogP contribution in [-0.2, 0) is 0 Å². The molecule has 2 heterocycles. The number of carbonyl (C=O) groups excluding carboxylic acids is 1. The minimum atomic E-state index is -0.0291. The van der Waals surface area contributed by atoms with Crippen molar-refractivity contribution in [2.45, 2.75) is 19.9 Å². The predicted molar refractivity (Wildman–Crippen MR) is 101 cm³/mol. The van der Waals surface area contributed by atoms with E-state index in [1.54, 1.807) is 11.3 Å². The number of rotatable bonds is 5. The van der Waals surface area contributed by atoms with Gasteiger partial charge in [-0.05, 0) is 63.2 Å². The second kappa shape index (κ2) is 6.79. The standard InChI is InChI=1S/C19H23N3OS/c1-12-13(2)21-16-8-7-14(10-15(12)16)19(23)20-11-17(22(3)4)18-6-5-9-24-18/h5-10,17,21H,11H2,1-4H3,(H,20,23). The van der Waals surface area contributed by atoms with Crippen LogP contribution in [0.15, 0.2) is 35.7 Å². The Balaban J connectivity index is 1.76. The van der Waals surface area contributed by atoms with Gasteiger partial charge in [0.05, 0.1) is 6.04 Å². The van der Waals surface area contributed by atoms with Crippen LogP contribution in [0.4, 0.5) is 0 Å². The van der Waals surface area contributed by atoms with Gasteiger partial charge in [0.2, 0.25) is 0 Å². The summed E-state index contributed by atoms with van der Waals surface area (Å²) < 4.78 is 0. The Labute approximate surface area is 146 Å². The summed E-state index contributed by atoms with van der Waals surface area (Å²) in [5.74, 6) is -0.0291. The van der Waals surface area contributed by atoms with Gasteiger partial charge in [-0.1, -0.05) is 6.07 Å². The van der Waals surface area contributed by atoms with Gasteiger partial charge >= 0.3 is 0 Å². The largest absolute Gasteiger partial charge is 0.358 e. The van der Waals surface area contributed by atoms with E-state index in [0.29, 0.717) is 12.1 Å². The lowest BCUT2D eigenvalue weighted by Gasteiger charge is -2.23. The minimum absolute atomic E-state index is 0.0291. The van der Waals surface area contributed by atoms with Crippen LogP contribution in [-0.4, -0.2) is 36.4 Å². The molecular formula is C19H23N3OS. The molecule has 1 atom stereocenters. The number of hydrogen-bond acceptors (Lipinski definition) is 3. The molecule has 1 aromatic carbocycles. The molecule has 0 fully saturated rings. The second-order valence-electron chi connectivity index (χ2n) is 6.34. The number of likely N-dealkylation sites (N-methyl/N-ethyl adjacent to an activating group) is 1. The summed E-state index contributed by atoms with van der Waals surface area (Å²) in [4.78, 5) is 19.3. The molecule has 0 aliphatic heterocycles. The number of thiophene rings is 1. The molecular weight excluding hydrogens is 318 g/mol. The highest BCUT2D eigenvalue weighted by Gasteiger charge is 2.17. The number of H-pyrrole nitrogens is 1.